The Morgan fingerprint density at radius 3 is 1.12 bits per heavy atom. The predicted molar refractivity (Wildman–Crippen MR) is 294 cm³/mol. The van der Waals surface area contributed by atoms with Crippen molar-refractivity contribution in [2.75, 3.05) is 66.6 Å². The van der Waals surface area contributed by atoms with Gasteiger partial charge in [-0.15, -0.1) is 24.0 Å². The zero-order valence-electron chi connectivity index (χ0n) is 41.8. The second-order valence-corrected chi connectivity index (χ2v) is 17.8. The fraction of sp³-hybridized carbons (Fsp3) is 0.333. The number of piperidine rings is 2. The second kappa shape index (κ2) is 26.6. The average Bonchev–Trinajstić information content (AvgIpc) is 4.01. The van der Waals surface area contributed by atoms with Crippen molar-refractivity contribution in [2.45, 2.75) is 71.8 Å². The summed E-state index contributed by atoms with van der Waals surface area (Å²) in [5, 5.41) is 24.8. The molecule has 401 valence electrons. The van der Waals surface area contributed by atoms with Gasteiger partial charge in [0.25, 0.3) is 23.6 Å². The van der Waals surface area contributed by atoms with E-state index in [2.05, 4.69) is 10.2 Å². The molecule has 2 fully saturated rings. The van der Waals surface area contributed by atoms with Crippen LogP contribution in [0, 0.1) is 0 Å². The van der Waals surface area contributed by atoms with Crippen LogP contribution >= 0.6 is 24.0 Å². The summed E-state index contributed by atoms with van der Waals surface area (Å²) >= 11 is 0. The standard InChI is InChI=1S/2C25H25N5O4.C3H8O2.CH4.HI.V/c2*1-34-19-11-9-18(10-12-19)30-23-20(22(27-30)24(26)32)13-15-29(25(23)33)17-7-5-16(6-8-17)28-14-3-2-4-21(28)31;1-3(5)2-4;;;/h2*5-12H,2-4,13-15H2,1H3,(H2,26,32);3-5H,2H2,1H3;1H4;1H;. The van der Waals surface area contributed by atoms with Gasteiger partial charge in [-0.25, -0.2) is 9.36 Å². The number of aliphatic hydroxyl groups excluding tert-OH is 2. The predicted octanol–water partition coefficient (Wildman–Crippen LogP) is 6.01. The number of rotatable bonds is 11. The Morgan fingerprint density at radius 1 is 0.539 bits per heavy atom. The molecule has 22 heteroatoms. The molecule has 0 spiro atoms. The summed E-state index contributed by atoms with van der Waals surface area (Å²) in [7, 11) is 3.15. The van der Waals surface area contributed by atoms with Gasteiger partial charge in [-0.05, 0) is 143 Å². The molecule has 4 aliphatic rings. The molecular weight excluding hydrogens is 1130 g/mol. The van der Waals surface area contributed by atoms with Crippen molar-refractivity contribution in [1.29, 1.82) is 0 Å². The molecule has 6 amide bonds. The molecule has 2 saturated heterocycles. The molecule has 1 radical (unpaired) electrons. The second-order valence-electron chi connectivity index (χ2n) is 17.8. The first-order valence-electron chi connectivity index (χ1n) is 24.1. The van der Waals surface area contributed by atoms with E-state index in [0.29, 0.717) is 109 Å². The van der Waals surface area contributed by atoms with Gasteiger partial charge in [0, 0.05) is 91.5 Å². The average molecular weight is 1190 g/mol. The third-order valence-corrected chi connectivity index (χ3v) is 13.0. The molecular formula is C54H63IN10O10V. The molecule has 0 bridgehead atoms. The number of hydrogen-bond acceptors (Lipinski definition) is 12. The van der Waals surface area contributed by atoms with E-state index in [0.717, 1.165) is 37.1 Å². The van der Waals surface area contributed by atoms with E-state index < -0.39 is 17.9 Å². The van der Waals surface area contributed by atoms with Gasteiger partial charge in [-0.2, -0.15) is 10.2 Å². The topological polar surface area (TPSA) is 262 Å². The molecule has 2 aromatic heterocycles. The number of benzene rings is 4. The van der Waals surface area contributed by atoms with Gasteiger partial charge < -0.3 is 50.8 Å². The van der Waals surface area contributed by atoms with E-state index in [-0.39, 0.29) is 91.6 Å². The monoisotopic (exact) mass is 1190 g/mol. The third-order valence-electron chi connectivity index (χ3n) is 13.0. The molecule has 6 heterocycles. The maximum atomic E-state index is 13.6. The normalized spacial score (nSPS) is 15.2. The van der Waals surface area contributed by atoms with Crippen LogP contribution in [0.3, 0.4) is 0 Å². The first-order valence-corrected chi connectivity index (χ1v) is 24.1. The number of anilines is 4. The summed E-state index contributed by atoms with van der Waals surface area (Å²) < 4.78 is 13.4. The van der Waals surface area contributed by atoms with Crippen LogP contribution in [0.4, 0.5) is 22.7 Å². The molecule has 0 aliphatic carbocycles. The SMILES string of the molecule is C.CC(O)CO.COc1ccc(-n2nc(C(N)=O)c3c2C(=O)N(c2ccc(N4CCCCC4=O)cc2)CC3)cc1.COc1ccc(-n2nc(C(N)=O)c3c2C(=O)N(c2ccc(N4CCCCC4=O)cc2)CC3)cc1.I.[V]. The fourth-order valence-corrected chi connectivity index (χ4v) is 9.21. The minimum atomic E-state index is -0.666. The Balaban J connectivity index is 0.000000249. The van der Waals surface area contributed by atoms with Crippen LogP contribution < -0.4 is 40.5 Å². The molecule has 6 N–H and O–H groups in total. The van der Waals surface area contributed by atoms with Crippen molar-refractivity contribution in [3.05, 3.63) is 131 Å². The van der Waals surface area contributed by atoms with Crippen LogP contribution in [0.5, 0.6) is 11.5 Å². The third kappa shape index (κ3) is 12.8. The van der Waals surface area contributed by atoms with Gasteiger partial charge in [0.1, 0.15) is 22.9 Å². The molecule has 6 aromatic rings. The Labute approximate surface area is 469 Å². The number of nitrogens with two attached hydrogens (primary N) is 2. The van der Waals surface area contributed by atoms with Gasteiger partial charge >= 0.3 is 0 Å². The van der Waals surface area contributed by atoms with Crippen LogP contribution in [-0.2, 0) is 41.0 Å². The minimum absolute atomic E-state index is 0. The molecule has 4 aliphatic heterocycles. The van der Waals surface area contributed by atoms with E-state index in [1.165, 1.54) is 16.3 Å². The number of ether oxygens (including phenoxy) is 2. The van der Waals surface area contributed by atoms with E-state index in [4.69, 9.17) is 31.2 Å². The van der Waals surface area contributed by atoms with Crippen LogP contribution in [0.15, 0.2) is 97.1 Å². The fourth-order valence-electron chi connectivity index (χ4n) is 9.21. The van der Waals surface area contributed by atoms with Gasteiger partial charge in [0.15, 0.2) is 11.4 Å². The maximum Gasteiger partial charge on any atom is 0.277 e. The summed E-state index contributed by atoms with van der Waals surface area (Å²) in [4.78, 5) is 82.8. The van der Waals surface area contributed by atoms with Crippen molar-refractivity contribution < 1.29 is 67.0 Å². The quantitative estimate of drug-likeness (QED) is 0.109. The minimum Gasteiger partial charge on any atom is -0.497 e. The van der Waals surface area contributed by atoms with Crippen LogP contribution in [-0.4, -0.2) is 118 Å². The number of carbonyl (C=O) groups is 6. The van der Waals surface area contributed by atoms with Crippen LogP contribution in [0.25, 0.3) is 11.4 Å². The number of fused-ring (bicyclic) bond motifs is 2. The molecule has 20 nitrogen and oxygen atoms in total. The van der Waals surface area contributed by atoms with Gasteiger partial charge in [-0.3, -0.25) is 28.8 Å². The Hall–Kier alpha value is -7.05. The Bertz CT molecular complexity index is 2820. The van der Waals surface area contributed by atoms with E-state index in [9.17, 15) is 28.8 Å². The zero-order valence-corrected chi connectivity index (χ0v) is 45.5. The van der Waals surface area contributed by atoms with Gasteiger partial charge in [0.05, 0.1) is 38.3 Å². The summed E-state index contributed by atoms with van der Waals surface area (Å²) in [6.45, 7) is 3.59. The first kappa shape index (κ1) is 59.8. The van der Waals surface area contributed by atoms with Crippen molar-refractivity contribution in [3.8, 4) is 22.9 Å². The van der Waals surface area contributed by atoms with E-state index >= 15 is 0 Å². The van der Waals surface area contributed by atoms with E-state index in [1.54, 1.807) is 82.4 Å². The largest absolute Gasteiger partial charge is 0.497 e. The molecule has 1 atom stereocenters. The number of amides is 6. The Kier molecular flexibility index (Phi) is 21.0. The summed E-state index contributed by atoms with van der Waals surface area (Å²) in [6, 6.07) is 29.0. The Morgan fingerprint density at radius 2 is 0.842 bits per heavy atom. The van der Waals surface area contributed by atoms with Crippen molar-refractivity contribution in [2.24, 2.45) is 11.5 Å². The van der Waals surface area contributed by atoms with Gasteiger partial charge in [0.2, 0.25) is 11.8 Å². The van der Waals surface area contributed by atoms with Crippen LogP contribution in [0.2, 0.25) is 0 Å². The number of hydrogen-bond donors (Lipinski definition) is 4. The maximum absolute atomic E-state index is 13.6. The number of aromatic nitrogens is 4. The number of carbonyl (C=O) groups excluding carboxylic acids is 6. The zero-order chi connectivity index (χ0) is 51.9. The number of nitrogens with zero attached hydrogens (tertiary/aromatic N) is 8. The van der Waals surface area contributed by atoms with E-state index in [1.807, 2.05) is 48.5 Å². The molecule has 0 saturated carbocycles. The summed E-state index contributed by atoms with van der Waals surface area (Å²) in [5.74, 6) is -0.279. The summed E-state index contributed by atoms with van der Waals surface area (Å²) in [5.41, 5.74) is 17.5. The smallest absolute Gasteiger partial charge is 0.277 e. The van der Waals surface area contributed by atoms with Crippen molar-refractivity contribution in [1.82, 2.24) is 19.6 Å². The number of aliphatic hydroxyl groups is 2. The number of primary amides is 2. The molecule has 10 rings (SSSR count). The number of halogens is 1. The number of methoxy groups -OCH3 is 2. The summed E-state index contributed by atoms with van der Waals surface area (Å²) in [6.07, 6.45) is 5.27. The van der Waals surface area contributed by atoms with Crippen molar-refractivity contribution >= 4 is 82.2 Å². The molecule has 1 unspecified atom stereocenters. The molecule has 76 heavy (non-hydrogen) atoms. The molecule has 4 aromatic carbocycles. The van der Waals surface area contributed by atoms with Crippen LogP contribution in [0.1, 0.15) is 106 Å². The van der Waals surface area contributed by atoms with Gasteiger partial charge in [-0.1, -0.05) is 7.43 Å². The van der Waals surface area contributed by atoms with Crippen molar-refractivity contribution in [3.63, 3.8) is 0 Å². The first-order chi connectivity index (χ1) is 35.2.